The lowest BCUT2D eigenvalue weighted by molar-refractivity contribution is -0.112. The highest BCUT2D eigenvalue weighted by atomic mass is 32.2. The summed E-state index contributed by atoms with van der Waals surface area (Å²) in [6.07, 6.45) is 3.60. The first-order valence-corrected chi connectivity index (χ1v) is 7.82. The van der Waals surface area contributed by atoms with Gasteiger partial charge in [-0.25, -0.2) is 0 Å². The zero-order valence-corrected chi connectivity index (χ0v) is 12.1. The van der Waals surface area contributed by atoms with E-state index in [1.54, 1.807) is 17.8 Å². The van der Waals surface area contributed by atoms with Crippen molar-refractivity contribution in [3.63, 3.8) is 0 Å². The molecule has 104 valence electrons. The molecule has 0 radical (unpaired) electrons. The van der Waals surface area contributed by atoms with Gasteiger partial charge >= 0.3 is 0 Å². The van der Waals surface area contributed by atoms with Crippen molar-refractivity contribution in [2.75, 3.05) is 5.32 Å². The van der Waals surface area contributed by atoms with Crippen molar-refractivity contribution in [2.45, 2.75) is 29.1 Å². The highest BCUT2D eigenvalue weighted by Crippen LogP contribution is 2.35. The molecular formula is C17H13NO2S. The molecule has 0 spiro atoms. The SMILES string of the molecule is O=C1Nc2cc(Sc3ccc4c(c3)CCC4)ccc2C1=O. The standard InChI is InChI=1S/C17H13NO2S/c19-16-14-7-6-13(9-15(14)18-17(16)20)21-12-5-4-10-2-1-3-11(10)8-12/h4-9H,1-3H2,(H,18,19,20). The van der Waals surface area contributed by atoms with Gasteiger partial charge in [0.2, 0.25) is 0 Å². The average Bonchev–Trinajstić information content (AvgIpc) is 3.04. The summed E-state index contributed by atoms with van der Waals surface area (Å²) in [5.74, 6) is -0.983. The first kappa shape index (κ1) is 12.7. The van der Waals surface area contributed by atoms with E-state index in [1.165, 1.54) is 35.3 Å². The first-order valence-electron chi connectivity index (χ1n) is 7.00. The Morgan fingerprint density at radius 1 is 0.905 bits per heavy atom. The van der Waals surface area contributed by atoms with Crippen LogP contribution in [0.2, 0.25) is 0 Å². The molecule has 0 unspecified atom stereocenters. The number of rotatable bonds is 2. The van der Waals surface area contributed by atoms with Crippen LogP contribution in [-0.4, -0.2) is 11.7 Å². The summed E-state index contributed by atoms with van der Waals surface area (Å²) in [7, 11) is 0. The minimum Gasteiger partial charge on any atom is -0.318 e. The Morgan fingerprint density at radius 3 is 2.57 bits per heavy atom. The van der Waals surface area contributed by atoms with Crippen molar-refractivity contribution in [1.82, 2.24) is 0 Å². The molecule has 2 aliphatic rings. The monoisotopic (exact) mass is 295 g/mol. The number of hydrogen-bond donors (Lipinski definition) is 1. The molecule has 0 atom stereocenters. The summed E-state index contributed by atoms with van der Waals surface area (Å²) in [6.45, 7) is 0. The Balaban J connectivity index is 1.62. The molecule has 4 heteroatoms. The van der Waals surface area contributed by atoms with Crippen molar-refractivity contribution in [2.24, 2.45) is 0 Å². The third kappa shape index (κ3) is 2.16. The van der Waals surface area contributed by atoms with E-state index in [0.717, 1.165) is 4.90 Å². The summed E-state index contributed by atoms with van der Waals surface area (Å²) in [5.41, 5.74) is 4.00. The highest BCUT2D eigenvalue weighted by Gasteiger charge is 2.27. The molecule has 1 N–H and O–H groups in total. The molecule has 0 saturated carbocycles. The number of fused-ring (bicyclic) bond motifs is 2. The summed E-state index contributed by atoms with van der Waals surface area (Å²) in [5, 5.41) is 2.61. The van der Waals surface area contributed by atoms with Gasteiger partial charge in [0.05, 0.1) is 11.3 Å². The molecular weight excluding hydrogens is 282 g/mol. The van der Waals surface area contributed by atoms with E-state index in [4.69, 9.17) is 0 Å². The second-order valence-electron chi connectivity index (χ2n) is 5.38. The molecule has 0 saturated heterocycles. The molecule has 2 aromatic carbocycles. The van der Waals surface area contributed by atoms with Gasteiger partial charge in [-0.05, 0) is 60.7 Å². The fraction of sp³-hybridized carbons (Fsp3) is 0.176. The third-order valence-electron chi connectivity index (χ3n) is 4.00. The Morgan fingerprint density at radius 2 is 1.67 bits per heavy atom. The van der Waals surface area contributed by atoms with Gasteiger partial charge in [0.15, 0.2) is 0 Å². The largest absolute Gasteiger partial charge is 0.318 e. The van der Waals surface area contributed by atoms with Crippen LogP contribution in [0.5, 0.6) is 0 Å². The Labute approximate surface area is 126 Å². The van der Waals surface area contributed by atoms with Gasteiger partial charge in [-0.1, -0.05) is 17.8 Å². The minimum atomic E-state index is -0.537. The summed E-state index contributed by atoms with van der Waals surface area (Å²) in [4.78, 5) is 25.2. The van der Waals surface area contributed by atoms with E-state index in [0.29, 0.717) is 11.3 Å². The van der Waals surface area contributed by atoms with E-state index in [2.05, 4.69) is 23.5 Å². The molecule has 21 heavy (non-hydrogen) atoms. The van der Waals surface area contributed by atoms with Gasteiger partial charge < -0.3 is 5.32 Å². The average molecular weight is 295 g/mol. The molecule has 2 aromatic rings. The fourth-order valence-electron chi connectivity index (χ4n) is 2.94. The Hall–Kier alpha value is -2.07. The molecule has 1 aliphatic heterocycles. The van der Waals surface area contributed by atoms with Crippen LogP contribution in [0.4, 0.5) is 5.69 Å². The predicted molar refractivity (Wildman–Crippen MR) is 82.0 cm³/mol. The number of carbonyl (C=O) groups is 2. The molecule has 1 heterocycles. The maximum atomic E-state index is 11.6. The quantitative estimate of drug-likeness (QED) is 0.863. The topological polar surface area (TPSA) is 46.2 Å². The lowest BCUT2D eigenvalue weighted by Gasteiger charge is -2.06. The van der Waals surface area contributed by atoms with Crippen molar-refractivity contribution >= 4 is 29.1 Å². The zero-order chi connectivity index (χ0) is 14.4. The van der Waals surface area contributed by atoms with Crippen molar-refractivity contribution < 1.29 is 9.59 Å². The van der Waals surface area contributed by atoms with Crippen molar-refractivity contribution in [1.29, 1.82) is 0 Å². The van der Waals surface area contributed by atoms with Crippen LogP contribution in [0.15, 0.2) is 46.2 Å². The number of Topliss-reactive ketones (excluding diaryl/α,β-unsaturated/α-hetero) is 1. The zero-order valence-electron chi connectivity index (χ0n) is 11.3. The van der Waals surface area contributed by atoms with Crippen LogP contribution in [0.1, 0.15) is 27.9 Å². The van der Waals surface area contributed by atoms with Crippen molar-refractivity contribution in [3.05, 3.63) is 53.1 Å². The summed E-state index contributed by atoms with van der Waals surface area (Å²) in [6, 6.07) is 12.1. The van der Waals surface area contributed by atoms with Crippen LogP contribution < -0.4 is 5.32 Å². The van der Waals surface area contributed by atoms with E-state index in [1.807, 2.05) is 12.1 Å². The van der Waals surface area contributed by atoms with Gasteiger partial charge in [0.1, 0.15) is 0 Å². The molecule has 0 bridgehead atoms. The summed E-state index contributed by atoms with van der Waals surface area (Å²) >= 11 is 1.66. The van der Waals surface area contributed by atoms with Gasteiger partial charge in [-0.2, -0.15) is 0 Å². The summed E-state index contributed by atoms with van der Waals surface area (Å²) < 4.78 is 0. The number of aryl methyl sites for hydroxylation is 2. The van der Waals surface area contributed by atoms with E-state index < -0.39 is 11.7 Å². The van der Waals surface area contributed by atoms with Gasteiger partial charge in [-0.3, -0.25) is 9.59 Å². The second-order valence-corrected chi connectivity index (χ2v) is 6.52. The molecule has 0 fully saturated rings. The van der Waals surface area contributed by atoms with Gasteiger partial charge in [0, 0.05) is 9.79 Å². The van der Waals surface area contributed by atoms with E-state index in [-0.39, 0.29) is 0 Å². The molecule has 1 aliphatic carbocycles. The highest BCUT2D eigenvalue weighted by molar-refractivity contribution is 7.99. The number of carbonyl (C=O) groups excluding carboxylic acids is 2. The first-order chi connectivity index (χ1) is 10.2. The minimum absolute atomic E-state index is 0.445. The molecule has 1 amide bonds. The van der Waals surface area contributed by atoms with Crippen LogP contribution in [0.3, 0.4) is 0 Å². The smallest absolute Gasteiger partial charge is 0.296 e. The normalized spacial score (nSPS) is 15.8. The Bertz CT molecular complexity index is 782. The number of nitrogens with one attached hydrogen (secondary N) is 1. The maximum Gasteiger partial charge on any atom is 0.296 e. The number of anilines is 1. The lowest BCUT2D eigenvalue weighted by atomic mass is 10.1. The number of hydrogen-bond acceptors (Lipinski definition) is 3. The molecule has 4 rings (SSSR count). The van der Waals surface area contributed by atoms with Crippen LogP contribution in [-0.2, 0) is 17.6 Å². The Kier molecular flexibility index (Phi) is 2.86. The van der Waals surface area contributed by atoms with Crippen molar-refractivity contribution in [3.8, 4) is 0 Å². The van der Waals surface area contributed by atoms with E-state index in [9.17, 15) is 9.59 Å². The third-order valence-corrected chi connectivity index (χ3v) is 4.98. The molecule has 3 nitrogen and oxygen atoms in total. The van der Waals surface area contributed by atoms with Gasteiger partial charge in [-0.15, -0.1) is 0 Å². The molecule has 0 aromatic heterocycles. The number of benzene rings is 2. The predicted octanol–water partition coefficient (Wildman–Crippen LogP) is 3.46. The second kappa shape index (κ2) is 4.74. The van der Waals surface area contributed by atoms with Gasteiger partial charge in [0.25, 0.3) is 11.7 Å². The van der Waals surface area contributed by atoms with E-state index >= 15 is 0 Å². The van der Waals surface area contributed by atoms with Crippen LogP contribution in [0.25, 0.3) is 0 Å². The van der Waals surface area contributed by atoms with Crippen LogP contribution in [0, 0.1) is 0 Å². The number of amides is 1. The number of ketones is 1. The lowest BCUT2D eigenvalue weighted by Crippen LogP contribution is -2.12. The maximum absolute atomic E-state index is 11.6. The van der Waals surface area contributed by atoms with Crippen LogP contribution >= 0.6 is 11.8 Å². The fourth-order valence-corrected chi connectivity index (χ4v) is 3.86.